The molecule has 0 fully saturated rings. The number of rotatable bonds is 9. The molecule has 3 rings (SSSR count). The van der Waals surface area contributed by atoms with Crippen LogP contribution < -0.4 is 14.8 Å². The van der Waals surface area contributed by atoms with Crippen molar-refractivity contribution in [2.24, 2.45) is 0 Å². The molecule has 2 aromatic heterocycles. The highest BCUT2D eigenvalue weighted by atomic mass is 19.4. The van der Waals surface area contributed by atoms with Crippen LogP contribution >= 0.6 is 0 Å². The molecule has 11 heteroatoms. The maximum atomic E-state index is 12.8. The van der Waals surface area contributed by atoms with Crippen LogP contribution in [0, 0.1) is 0 Å². The molecule has 8 nitrogen and oxygen atoms in total. The second-order valence-corrected chi connectivity index (χ2v) is 7.03. The van der Waals surface area contributed by atoms with Crippen LogP contribution in [0.4, 0.5) is 19.0 Å². The summed E-state index contributed by atoms with van der Waals surface area (Å²) in [5, 5.41) is 12.2. The van der Waals surface area contributed by atoms with E-state index >= 15 is 0 Å². The number of hydrogen-bond donors (Lipinski definition) is 2. The van der Waals surface area contributed by atoms with E-state index in [4.69, 9.17) is 9.47 Å². The van der Waals surface area contributed by atoms with Crippen molar-refractivity contribution in [1.82, 2.24) is 15.0 Å². The average Bonchev–Trinajstić information content (AvgIpc) is 2.78. The molecule has 0 bridgehead atoms. The molecular formula is C22H21F3N4O4. The Morgan fingerprint density at radius 1 is 1.12 bits per heavy atom. The Hall–Kier alpha value is -3.89. The third-order valence-corrected chi connectivity index (χ3v) is 4.74. The summed E-state index contributed by atoms with van der Waals surface area (Å²) < 4.78 is 49.1. The topological polar surface area (TPSA) is 106 Å². The maximum Gasteiger partial charge on any atom is 0.393 e. The largest absolute Gasteiger partial charge is 0.497 e. The number of carboxylic acids is 1. The first-order chi connectivity index (χ1) is 15.7. The van der Waals surface area contributed by atoms with Gasteiger partial charge in [-0.1, -0.05) is 6.07 Å². The number of carboxylic acid groups (broad SMARTS) is 1. The fourth-order valence-electron chi connectivity index (χ4n) is 3.15. The molecule has 0 aliphatic heterocycles. The molecular weight excluding hydrogens is 441 g/mol. The number of ether oxygens (including phenoxy) is 2. The highest BCUT2D eigenvalue weighted by molar-refractivity contribution is 5.77. The van der Waals surface area contributed by atoms with Gasteiger partial charge in [-0.15, -0.1) is 0 Å². The zero-order valence-electron chi connectivity index (χ0n) is 17.8. The van der Waals surface area contributed by atoms with Crippen LogP contribution in [0.15, 0.2) is 49.1 Å². The van der Waals surface area contributed by atoms with Gasteiger partial charge in [-0.2, -0.15) is 13.2 Å². The number of nitrogens with zero attached hydrogens (tertiary/aromatic N) is 3. The second-order valence-electron chi connectivity index (χ2n) is 7.03. The SMILES string of the molecule is COc1ccc(OC)c(-c2ccc(C[C@H](Nc3ncncc3CC(F)(F)F)C(=O)O)nc2)c1. The molecule has 1 aromatic carbocycles. The third-order valence-electron chi connectivity index (χ3n) is 4.74. The fourth-order valence-corrected chi connectivity index (χ4v) is 3.15. The molecule has 2 N–H and O–H groups in total. The summed E-state index contributed by atoms with van der Waals surface area (Å²) in [5.41, 5.74) is 1.64. The number of aromatic nitrogens is 3. The first-order valence-electron chi connectivity index (χ1n) is 9.72. The van der Waals surface area contributed by atoms with E-state index in [1.165, 1.54) is 7.11 Å². The van der Waals surface area contributed by atoms with Gasteiger partial charge in [-0.3, -0.25) is 4.98 Å². The Labute approximate surface area is 187 Å². The Bertz CT molecular complexity index is 1110. The predicted octanol–water partition coefficient (Wildman–Crippen LogP) is 3.77. The summed E-state index contributed by atoms with van der Waals surface area (Å²) in [4.78, 5) is 23.5. The number of alkyl halides is 3. The molecule has 0 radical (unpaired) electrons. The molecule has 33 heavy (non-hydrogen) atoms. The van der Waals surface area contributed by atoms with Crippen molar-refractivity contribution in [3.63, 3.8) is 0 Å². The highest BCUT2D eigenvalue weighted by Crippen LogP contribution is 2.33. The van der Waals surface area contributed by atoms with Crippen LogP contribution in [0.5, 0.6) is 11.5 Å². The van der Waals surface area contributed by atoms with Crippen LogP contribution in [0.3, 0.4) is 0 Å². The van der Waals surface area contributed by atoms with Crippen LogP contribution in [-0.4, -0.2) is 52.5 Å². The van der Waals surface area contributed by atoms with E-state index in [0.717, 1.165) is 23.7 Å². The van der Waals surface area contributed by atoms with Gasteiger partial charge < -0.3 is 19.9 Å². The van der Waals surface area contributed by atoms with Crippen molar-refractivity contribution in [2.45, 2.75) is 25.1 Å². The van der Waals surface area contributed by atoms with E-state index in [9.17, 15) is 23.1 Å². The molecule has 1 atom stereocenters. The van der Waals surface area contributed by atoms with Crippen LogP contribution in [0.2, 0.25) is 0 Å². The molecule has 0 saturated heterocycles. The number of methoxy groups -OCH3 is 2. The second kappa shape index (κ2) is 10.2. The molecule has 3 aromatic rings. The Balaban J connectivity index is 1.80. The first-order valence-corrected chi connectivity index (χ1v) is 9.72. The number of halogens is 3. The summed E-state index contributed by atoms with van der Waals surface area (Å²) in [6, 6.07) is 7.44. The molecule has 0 unspecified atom stereocenters. The van der Waals surface area contributed by atoms with Gasteiger partial charge in [0.25, 0.3) is 0 Å². The van der Waals surface area contributed by atoms with Gasteiger partial charge in [-0.25, -0.2) is 14.8 Å². The number of anilines is 1. The fraction of sp³-hybridized carbons (Fsp3) is 0.273. The quantitative estimate of drug-likeness (QED) is 0.495. The van der Waals surface area contributed by atoms with Gasteiger partial charge in [-0.05, 0) is 24.3 Å². The number of pyridine rings is 1. The molecule has 0 spiro atoms. The average molecular weight is 462 g/mol. The standard InChI is InChI=1S/C22H21F3N4O4/c1-32-16-5-6-19(33-2)17(8-16)13-3-4-15(27-11-13)7-18(21(30)31)29-20-14(9-22(23,24)25)10-26-12-28-20/h3-6,8,10-12,18H,7,9H2,1-2H3,(H,30,31)(H,26,28,29)/t18-/m0/s1. The lowest BCUT2D eigenvalue weighted by atomic mass is 10.0. The number of benzene rings is 1. The van der Waals surface area contributed by atoms with Crippen LogP contribution in [0.25, 0.3) is 11.1 Å². The minimum atomic E-state index is -4.49. The van der Waals surface area contributed by atoms with Crippen molar-refractivity contribution < 1.29 is 32.5 Å². The van der Waals surface area contributed by atoms with Gasteiger partial charge in [0.05, 0.1) is 20.6 Å². The minimum Gasteiger partial charge on any atom is -0.497 e. The molecule has 174 valence electrons. The summed E-state index contributed by atoms with van der Waals surface area (Å²) in [7, 11) is 3.08. The highest BCUT2D eigenvalue weighted by Gasteiger charge is 2.30. The Kier molecular flexibility index (Phi) is 7.31. The summed E-state index contributed by atoms with van der Waals surface area (Å²) >= 11 is 0. The molecule has 0 aliphatic carbocycles. The number of aliphatic carboxylic acids is 1. The van der Waals surface area contributed by atoms with Gasteiger partial charge in [0.15, 0.2) is 0 Å². The van der Waals surface area contributed by atoms with Gasteiger partial charge in [0, 0.05) is 41.2 Å². The monoisotopic (exact) mass is 462 g/mol. The zero-order chi connectivity index (χ0) is 24.0. The summed E-state index contributed by atoms with van der Waals surface area (Å²) in [5.74, 6) is -0.208. The Morgan fingerprint density at radius 3 is 2.52 bits per heavy atom. The lowest BCUT2D eigenvalue weighted by molar-refractivity contribution is -0.137. The number of carbonyl (C=O) groups is 1. The van der Waals surface area contributed by atoms with Crippen molar-refractivity contribution in [1.29, 1.82) is 0 Å². The molecule has 0 aliphatic rings. The smallest absolute Gasteiger partial charge is 0.393 e. The van der Waals surface area contributed by atoms with Gasteiger partial charge in [0.1, 0.15) is 29.7 Å². The van der Waals surface area contributed by atoms with E-state index < -0.39 is 24.6 Å². The summed E-state index contributed by atoms with van der Waals surface area (Å²) in [6.45, 7) is 0. The number of hydrogen-bond acceptors (Lipinski definition) is 7. The van der Waals surface area contributed by atoms with E-state index in [0.29, 0.717) is 17.2 Å². The van der Waals surface area contributed by atoms with Crippen molar-refractivity contribution >= 4 is 11.8 Å². The molecule has 0 saturated carbocycles. The predicted molar refractivity (Wildman–Crippen MR) is 113 cm³/mol. The minimum absolute atomic E-state index is 0.0830. The number of nitrogens with one attached hydrogen (secondary N) is 1. The van der Waals surface area contributed by atoms with Gasteiger partial charge in [0.2, 0.25) is 0 Å². The van der Waals surface area contributed by atoms with Crippen LogP contribution in [0.1, 0.15) is 11.3 Å². The van der Waals surface area contributed by atoms with E-state index in [2.05, 4.69) is 20.3 Å². The Morgan fingerprint density at radius 2 is 1.91 bits per heavy atom. The van der Waals surface area contributed by atoms with Crippen molar-refractivity contribution in [3.05, 3.63) is 60.3 Å². The normalized spacial score (nSPS) is 12.2. The first kappa shape index (κ1) is 23.8. The van der Waals surface area contributed by atoms with E-state index in [-0.39, 0.29) is 17.8 Å². The molecule has 2 heterocycles. The van der Waals surface area contributed by atoms with E-state index in [1.807, 2.05) is 0 Å². The van der Waals surface area contributed by atoms with Crippen molar-refractivity contribution in [3.8, 4) is 22.6 Å². The van der Waals surface area contributed by atoms with Crippen molar-refractivity contribution in [2.75, 3.05) is 19.5 Å². The lowest BCUT2D eigenvalue weighted by Gasteiger charge is -2.18. The lowest BCUT2D eigenvalue weighted by Crippen LogP contribution is -2.33. The summed E-state index contributed by atoms with van der Waals surface area (Å²) in [6.07, 6.45) is -2.23. The third kappa shape index (κ3) is 6.31. The van der Waals surface area contributed by atoms with E-state index in [1.54, 1.807) is 43.6 Å². The maximum absolute atomic E-state index is 12.8. The molecule has 0 amide bonds. The van der Waals surface area contributed by atoms with Crippen LogP contribution in [-0.2, 0) is 17.6 Å². The zero-order valence-corrected chi connectivity index (χ0v) is 17.8. The van der Waals surface area contributed by atoms with Gasteiger partial charge >= 0.3 is 12.1 Å².